The Morgan fingerprint density at radius 2 is 1.63 bits per heavy atom. The summed E-state index contributed by atoms with van der Waals surface area (Å²) in [5.41, 5.74) is 4.37. The third kappa shape index (κ3) is 3.57. The molecule has 1 amide bonds. The second-order valence-corrected chi connectivity index (χ2v) is 11.4. The van der Waals surface area contributed by atoms with Crippen molar-refractivity contribution in [2.24, 2.45) is 17.8 Å². The third-order valence-electron chi connectivity index (χ3n) is 7.47. The molecule has 4 aliphatic rings. The Labute approximate surface area is 182 Å². The van der Waals surface area contributed by atoms with Gasteiger partial charge >= 0.3 is 0 Å². The molecule has 0 unspecified atom stereocenters. The largest absolute Gasteiger partial charge is 0.415 e. The first-order valence-electron chi connectivity index (χ1n) is 11.2. The molecule has 160 valence electrons. The number of carbonyl (C=O) groups excluding carboxylic acids is 1. The lowest BCUT2D eigenvalue weighted by Gasteiger charge is -2.55. The van der Waals surface area contributed by atoms with E-state index < -0.39 is 0 Å². The maximum Gasteiger partial charge on any atom is 0.277 e. The smallest absolute Gasteiger partial charge is 0.277 e. The third-order valence-corrected chi connectivity index (χ3v) is 8.40. The summed E-state index contributed by atoms with van der Waals surface area (Å²) in [6, 6.07) is 4.19. The molecule has 30 heavy (non-hydrogen) atoms. The van der Waals surface area contributed by atoms with E-state index in [1.165, 1.54) is 55.9 Å². The minimum Gasteiger partial charge on any atom is -0.415 e. The molecule has 2 aromatic rings. The topological polar surface area (TPSA) is 68.0 Å². The number of nitrogens with one attached hydrogen (secondary N) is 1. The molecular weight excluding hydrogens is 394 g/mol. The number of thioether (sulfide) groups is 1. The summed E-state index contributed by atoms with van der Waals surface area (Å²) >= 11 is 1.36. The van der Waals surface area contributed by atoms with Crippen LogP contribution in [0.25, 0.3) is 0 Å². The van der Waals surface area contributed by atoms with Crippen molar-refractivity contribution < 1.29 is 9.21 Å². The molecule has 1 heterocycles. The zero-order chi connectivity index (χ0) is 21.0. The average molecular weight is 426 g/mol. The number of carbonyl (C=O) groups is 1. The Kier molecular flexibility index (Phi) is 4.96. The van der Waals surface area contributed by atoms with Gasteiger partial charge < -0.3 is 9.73 Å². The molecule has 5 nitrogen and oxygen atoms in total. The summed E-state index contributed by atoms with van der Waals surface area (Å²) in [4.78, 5) is 12.8. The van der Waals surface area contributed by atoms with Gasteiger partial charge in [0.05, 0.1) is 5.25 Å². The van der Waals surface area contributed by atoms with E-state index in [9.17, 15) is 4.79 Å². The van der Waals surface area contributed by atoms with E-state index in [1.807, 2.05) is 20.8 Å². The van der Waals surface area contributed by atoms with Gasteiger partial charge in [0.1, 0.15) is 0 Å². The normalized spacial score (nSPS) is 30.5. The van der Waals surface area contributed by atoms with E-state index in [0.29, 0.717) is 5.22 Å². The SMILES string of the molecule is Cc1cc(C)c(NC(=O)[C@H](C)Sc2nnc(C34CC5CC(CC(C5)C3)C4)o2)c(C)c1. The lowest BCUT2D eigenvalue weighted by Crippen LogP contribution is -2.48. The van der Waals surface area contributed by atoms with Crippen LogP contribution in [0.4, 0.5) is 5.69 Å². The number of aromatic nitrogens is 2. The quantitative estimate of drug-likeness (QED) is 0.633. The number of hydrogen-bond acceptors (Lipinski definition) is 5. The van der Waals surface area contributed by atoms with E-state index in [0.717, 1.165) is 40.5 Å². The highest BCUT2D eigenvalue weighted by atomic mass is 32.2. The predicted molar refractivity (Wildman–Crippen MR) is 119 cm³/mol. The summed E-state index contributed by atoms with van der Waals surface area (Å²) < 4.78 is 6.16. The summed E-state index contributed by atoms with van der Waals surface area (Å²) in [6.07, 6.45) is 7.78. The fourth-order valence-corrected chi connectivity index (χ4v) is 7.33. The van der Waals surface area contributed by atoms with E-state index >= 15 is 0 Å². The van der Waals surface area contributed by atoms with Gasteiger partial charge in [-0.1, -0.05) is 29.5 Å². The molecule has 1 aromatic heterocycles. The van der Waals surface area contributed by atoms with E-state index in [1.54, 1.807) is 0 Å². The first kappa shape index (κ1) is 20.1. The Morgan fingerprint density at radius 3 is 2.20 bits per heavy atom. The van der Waals surface area contributed by atoms with Crippen LogP contribution < -0.4 is 5.32 Å². The van der Waals surface area contributed by atoms with Crippen molar-refractivity contribution in [3.05, 3.63) is 34.7 Å². The van der Waals surface area contributed by atoms with Gasteiger partial charge in [0.15, 0.2) is 0 Å². The van der Waals surface area contributed by atoms with Crippen LogP contribution >= 0.6 is 11.8 Å². The number of benzene rings is 1. The number of anilines is 1. The van der Waals surface area contributed by atoms with Crippen molar-refractivity contribution >= 4 is 23.4 Å². The second-order valence-electron chi connectivity index (χ2n) is 10.1. The zero-order valence-corrected chi connectivity index (χ0v) is 19.1. The van der Waals surface area contributed by atoms with E-state index in [2.05, 4.69) is 34.6 Å². The maximum atomic E-state index is 12.8. The maximum absolute atomic E-state index is 12.8. The Bertz CT molecular complexity index is 924. The van der Waals surface area contributed by atoms with E-state index in [4.69, 9.17) is 4.42 Å². The van der Waals surface area contributed by atoms with Gasteiger partial charge in [-0.15, -0.1) is 10.2 Å². The Morgan fingerprint density at radius 1 is 1.07 bits per heavy atom. The molecule has 1 N–H and O–H groups in total. The van der Waals surface area contributed by atoms with Crippen molar-refractivity contribution in [3.8, 4) is 0 Å². The van der Waals surface area contributed by atoms with Crippen molar-refractivity contribution in [2.75, 3.05) is 5.32 Å². The monoisotopic (exact) mass is 425 g/mol. The molecule has 1 atom stereocenters. The van der Waals surface area contributed by atoms with Gasteiger partial charge in [-0.3, -0.25) is 4.79 Å². The van der Waals surface area contributed by atoms with Crippen LogP contribution in [0.5, 0.6) is 0 Å². The van der Waals surface area contributed by atoms with Crippen molar-refractivity contribution in [3.63, 3.8) is 0 Å². The molecule has 6 heteroatoms. The summed E-state index contributed by atoms with van der Waals surface area (Å²) in [7, 11) is 0. The number of rotatable bonds is 5. The molecule has 1 aromatic carbocycles. The Hall–Kier alpha value is -1.82. The summed E-state index contributed by atoms with van der Waals surface area (Å²) in [5, 5.41) is 12.1. The van der Waals surface area contributed by atoms with Crippen LogP contribution in [-0.2, 0) is 10.2 Å². The van der Waals surface area contributed by atoms with Crippen LogP contribution in [0.3, 0.4) is 0 Å². The fourth-order valence-electron chi connectivity index (χ4n) is 6.65. The number of aryl methyl sites for hydroxylation is 3. The average Bonchev–Trinajstić information content (AvgIpc) is 3.12. The molecule has 0 spiro atoms. The highest BCUT2D eigenvalue weighted by Crippen LogP contribution is 2.60. The van der Waals surface area contributed by atoms with Crippen LogP contribution in [0.15, 0.2) is 21.8 Å². The molecule has 0 saturated heterocycles. The van der Waals surface area contributed by atoms with Gasteiger partial charge in [0, 0.05) is 11.1 Å². The standard InChI is InChI=1S/C24H31N3O2S/c1-13-5-14(2)20(15(3)6-13)25-21(28)16(4)30-23-27-26-22(29-23)24-10-17-7-18(11-24)9-19(8-17)12-24/h5-6,16-19H,7-12H2,1-4H3,(H,25,28)/t16-,17?,18?,19?,24?/m0/s1. The van der Waals surface area contributed by atoms with Gasteiger partial charge in [0.25, 0.3) is 5.22 Å². The number of hydrogen-bond donors (Lipinski definition) is 1. The molecule has 4 bridgehead atoms. The highest BCUT2D eigenvalue weighted by Gasteiger charge is 2.54. The number of amides is 1. The second kappa shape index (κ2) is 7.40. The van der Waals surface area contributed by atoms with Crippen LogP contribution in [0, 0.1) is 38.5 Å². The minimum atomic E-state index is -0.310. The van der Waals surface area contributed by atoms with Gasteiger partial charge in [-0.05, 0) is 95.1 Å². The first-order valence-corrected chi connectivity index (χ1v) is 12.1. The predicted octanol–water partition coefficient (Wildman–Crippen LogP) is 5.58. The van der Waals surface area contributed by atoms with Crippen LogP contribution in [0.2, 0.25) is 0 Å². The van der Waals surface area contributed by atoms with Gasteiger partial charge in [-0.25, -0.2) is 0 Å². The zero-order valence-electron chi connectivity index (χ0n) is 18.3. The van der Waals surface area contributed by atoms with Crippen molar-refractivity contribution in [1.29, 1.82) is 0 Å². The molecular formula is C24H31N3O2S. The van der Waals surface area contributed by atoms with Crippen molar-refractivity contribution in [1.82, 2.24) is 10.2 Å². The molecule has 0 radical (unpaired) electrons. The minimum absolute atomic E-state index is 0.0374. The molecule has 4 saturated carbocycles. The molecule has 0 aliphatic heterocycles. The van der Waals surface area contributed by atoms with E-state index in [-0.39, 0.29) is 16.6 Å². The highest BCUT2D eigenvalue weighted by molar-refractivity contribution is 8.00. The molecule has 6 rings (SSSR count). The fraction of sp³-hybridized carbons (Fsp3) is 0.625. The number of nitrogens with zero attached hydrogens (tertiary/aromatic N) is 2. The lowest BCUT2D eigenvalue weighted by molar-refractivity contribution is -0.115. The summed E-state index contributed by atoms with van der Waals surface area (Å²) in [6.45, 7) is 8.03. The van der Waals surface area contributed by atoms with Gasteiger partial charge in [0.2, 0.25) is 11.8 Å². The van der Waals surface area contributed by atoms with Crippen molar-refractivity contribution in [2.45, 2.75) is 82.1 Å². The van der Waals surface area contributed by atoms with Crippen LogP contribution in [0.1, 0.15) is 68.0 Å². The molecule has 4 fully saturated rings. The molecule has 4 aliphatic carbocycles. The summed E-state index contributed by atoms with van der Waals surface area (Å²) in [5.74, 6) is 3.30. The van der Waals surface area contributed by atoms with Crippen LogP contribution in [-0.4, -0.2) is 21.4 Å². The van der Waals surface area contributed by atoms with Gasteiger partial charge in [-0.2, -0.15) is 0 Å². The lowest BCUT2D eigenvalue weighted by atomic mass is 9.49. The first-order chi connectivity index (χ1) is 14.3. The Balaban J connectivity index is 1.27.